The van der Waals surface area contributed by atoms with Gasteiger partial charge in [-0.2, -0.15) is 0 Å². The molecule has 2 N–H and O–H groups in total. The molecule has 1 aromatic heterocycles. The van der Waals surface area contributed by atoms with Crippen LogP contribution in [0.15, 0.2) is 24.3 Å². The van der Waals surface area contributed by atoms with Gasteiger partial charge < -0.3 is 19.7 Å². The number of hydrogen-bond acceptors (Lipinski definition) is 7. The minimum absolute atomic E-state index is 0.0306. The first-order valence-corrected chi connectivity index (χ1v) is 11.5. The Morgan fingerprint density at radius 3 is 2.18 bits per heavy atom. The number of ether oxygens (including phenoxy) is 2. The zero-order valence-corrected chi connectivity index (χ0v) is 21.3. The van der Waals surface area contributed by atoms with E-state index in [1.54, 1.807) is 73.0 Å². The van der Waals surface area contributed by atoms with Crippen molar-refractivity contribution in [2.45, 2.75) is 46.6 Å². The highest BCUT2D eigenvalue weighted by molar-refractivity contribution is 7.18. The molecule has 0 spiro atoms. The van der Waals surface area contributed by atoms with Crippen LogP contribution in [-0.4, -0.2) is 55.1 Å². The van der Waals surface area contributed by atoms with Crippen LogP contribution in [0.5, 0.6) is 0 Å². The predicted molar refractivity (Wildman–Crippen MR) is 132 cm³/mol. The van der Waals surface area contributed by atoms with E-state index in [0.29, 0.717) is 21.7 Å². The quantitative estimate of drug-likeness (QED) is 0.555. The third kappa shape index (κ3) is 7.31. The smallest absolute Gasteiger partial charge is 0.412 e. The van der Waals surface area contributed by atoms with Crippen molar-refractivity contribution in [1.29, 1.82) is 0 Å². The number of nitrogens with one attached hydrogen (secondary N) is 2. The third-order valence-corrected chi connectivity index (χ3v) is 5.64. The Morgan fingerprint density at radius 2 is 1.65 bits per heavy atom. The molecule has 184 valence electrons. The van der Waals surface area contributed by atoms with Gasteiger partial charge >= 0.3 is 12.1 Å². The number of anilines is 2. The summed E-state index contributed by atoms with van der Waals surface area (Å²) in [7, 11) is 3.23. The average Bonchev–Trinajstić information content (AvgIpc) is 3.03. The van der Waals surface area contributed by atoms with Gasteiger partial charge in [-0.1, -0.05) is 12.1 Å². The molecule has 34 heavy (non-hydrogen) atoms. The second kappa shape index (κ2) is 11.1. The standard InChI is InChI=1S/C24H31N3O6S/c1-8-32-22(30)18-14(2)19(21(29)27(6)7)34-20(18)26-17(28)13-15-9-11-16(12-10-15)25-23(31)33-24(3,4)5/h9-12H,8,13H2,1-7H3,(H,25,31)(H,26,28). The first kappa shape index (κ1) is 26.8. The van der Waals surface area contributed by atoms with E-state index in [1.165, 1.54) is 4.90 Å². The highest BCUT2D eigenvalue weighted by atomic mass is 32.1. The van der Waals surface area contributed by atoms with Crippen molar-refractivity contribution in [2.24, 2.45) is 0 Å². The molecule has 0 unspecified atom stereocenters. The van der Waals surface area contributed by atoms with Crippen LogP contribution >= 0.6 is 11.3 Å². The summed E-state index contributed by atoms with van der Waals surface area (Å²) in [5.74, 6) is -1.22. The van der Waals surface area contributed by atoms with E-state index in [4.69, 9.17) is 9.47 Å². The monoisotopic (exact) mass is 489 g/mol. The molecule has 0 aliphatic heterocycles. The van der Waals surface area contributed by atoms with Crippen LogP contribution in [0.2, 0.25) is 0 Å². The Bertz CT molecular complexity index is 1070. The van der Waals surface area contributed by atoms with Crippen LogP contribution in [0.1, 0.15) is 58.9 Å². The maximum absolute atomic E-state index is 12.7. The van der Waals surface area contributed by atoms with Crippen LogP contribution in [0.3, 0.4) is 0 Å². The van der Waals surface area contributed by atoms with Crippen molar-refractivity contribution in [2.75, 3.05) is 31.3 Å². The van der Waals surface area contributed by atoms with Crippen LogP contribution < -0.4 is 10.6 Å². The van der Waals surface area contributed by atoms with Crippen molar-refractivity contribution < 1.29 is 28.7 Å². The Morgan fingerprint density at radius 1 is 1.03 bits per heavy atom. The lowest BCUT2D eigenvalue weighted by Gasteiger charge is -2.19. The van der Waals surface area contributed by atoms with Crippen LogP contribution in [0.4, 0.5) is 15.5 Å². The largest absolute Gasteiger partial charge is 0.462 e. The topological polar surface area (TPSA) is 114 Å². The number of thiophene rings is 1. The minimum Gasteiger partial charge on any atom is -0.462 e. The maximum atomic E-state index is 12.7. The van der Waals surface area contributed by atoms with Crippen molar-refractivity contribution in [1.82, 2.24) is 4.90 Å². The molecular weight excluding hydrogens is 458 g/mol. The van der Waals surface area contributed by atoms with Crippen LogP contribution in [0, 0.1) is 6.92 Å². The van der Waals surface area contributed by atoms with Gasteiger partial charge in [0.1, 0.15) is 10.6 Å². The van der Waals surface area contributed by atoms with Crippen molar-refractivity contribution in [3.05, 3.63) is 45.8 Å². The molecule has 2 rings (SSSR count). The molecule has 0 aliphatic rings. The summed E-state index contributed by atoms with van der Waals surface area (Å²) in [6, 6.07) is 6.75. The van der Waals surface area contributed by atoms with E-state index in [0.717, 1.165) is 11.3 Å². The number of rotatable bonds is 7. The summed E-state index contributed by atoms with van der Waals surface area (Å²) in [6.07, 6.45) is -0.538. The Balaban J connectivity index is 2.14. The van der Waals surface area contributed by atoms with E-state index in [1.807, 2.05) is 0 Å². The van der Waals surface area contributed by atoms with E-state index in [9.17, 15) is 19.2 Å². The molecule has 0 atom stereocenters. The van der Waals surface area contributed by atoms with Crippen molar-refractivity contribution >= 4 is 45.9 Å². The second-order valence-electron chi connectivity index (χ2n) is 8.73. The summed E-state index contributed by atoms with van der Waals surface area (Å²) in [4.78, 5) is 51.4. The molecule has 3 amide bonds. The van der Waals surface area contributed by atoms with E-state index in [2.05, 4.69) is 10.6 Å². The molecule has 0 radical (unpaired) electrons. The first-order valence-electron chi connectivity index (χ1n) is 10.7. The summed E-state index contributed by atoms with van der Waals surface area (Å²) >= 11 is 1.04. The van der Waals surface area contributed by atoms with Crippen LogP contribution in [0.25, 0.3) is 0 Å². The number of nitrogens with zero attached hydrogens (tertiary/aromatic N) is 1. The van der Waals surface area contributed by atoms with Crippen LogP contribution in [-0.2, 0) is 20.7 Å². The summed E-state index contributed by atoms with van der Waals surface area (Å²) < 4.78 is 10.3. The highest BCUT2D eigenvalue weighted by Gasteiger charge is 2.27. The molecule has 1 aromatic carbocycles. The van der Waals surface area contributed by atoms with Gasteiger partial charge in [0, 0.05) is 19.8 Å². The summed E-state index contributed by atoms with van der Waals surface area (Å²) in [6.45, 7) is 8.83. The molecule has 10 heteroatoms. The van der Waals surface area contributed by atoms with Gasteiger partial charge in [0.25, 0.3) is 5.91 Å². The third-order valence-electron chi connectivity index (χ3n) is 4.44. The Labute approximate surface area is 203 Å². The molecule has 1 heterocycles. The molecular formula is C24H31N3O6S. The van der Waals surface area contributed by atoms with Gasteiger partial charge in [-0.25, -0.2) is 9.59 Å². The second-order valence-corrected chi connectivity index (χ2v) is 9.75. The molecule has 0 fully saturated rings. The lowest BCUT2D eigenvalue weighted by molar-refractivity contribution is -0.115. The summed E-state index contributed by atoms with van der Waals surface area (Å²) in [5, 5.41) is 5.65. The molecule has 0 bridgehead atoms. The van der Waals surface area contributed by atoms with Gasteiger partial charge in [0.2, 0.25) is 5.91 Å². The summed E-state index contributed by atoms with van der Waals surface area (Å²) in [5.41, 5.74) is 1.27. The molecule has 0 aliphatic carbocycles. The van der Waals surface area contributed by atoms with E-state index in [-0.39, 0.29) is 35.4 Å². The van der Waals surface area contributed by atoms with Gasteiger partial charge in [-0.15, -0.1) is 11.3 Å². The fourth-order valence-electron chi connectivity index (χ4n) is 2.94. The Hall–Kier alpha value is -3.40. The minimum atomic E-state index is -0.609. The van der Waals surface area contributed by atoms with Crippen molar-refractivity contribution in [3.63, 3.8) is 0 Å². The lowest BCUT2D eigenvalue weighted by Crippen LogP contribution is -2.27. The fourth-order valence-corrected chi connectivity index (χ4v) is 4.17. The average molecular weight is 490 g/mol. The SMILES string of the molecule is CCOC(=O)c1c(NC(=O)Cc2ccc(NC(=O)OC(C)(C)C)cc2)sc(C(=O)N(C)C)c1C. The normalized spacial score (nSPS) is 10.9. The van der Waals surface area contributed by atoms with E-state index >= 15 is 0 Å². The molecule has 0 saturated heterocycles. The lowest BCUT2D eigenvalue weighted by atomic mass is 10.1. The fraction of sp³-hybridized carbons (Fsp3) is 0.417. The highest BCUT2D eigenvalue weighted by Crippen LogP contribution is 2.34. The van der Waals surface area contributed by atoms with E-state index < -0.39 is 17.7 Å². The molecule has 2 aromatic rings. The predicted octanol–water partition coefficient (Wildman–Crippen LogP) is 4.46. The number of amides is 3. The van der Waals surface area contributed by atoms with Gasteiger partial charge in [0.15, 0.2) is 0 Å². The zero-order valence-electron chi connectivity index (χ0n) is 20.5. The number of hydrogen-bond donors (Lipinski definition) is 2. The van der Waals surface area contributed by atoms with Gasteiger partial charge in [0.05, 0.1) is 23.5 Å². The van der Waals surface area contributed by atoms with Crippen molar-refractivity contribution in [3.8, 4) is 0 Å². The first-order chi connectivity index (χ1) is 15.8. The number of carbonyl (C=O) groups excluding carboxylic acids is 4. The number of esters is 1. The number of benzene rings is 1. The zero-order chi connectivity index (χ0) is 25.6. The number of carbonyl (C=O) groups is 4. The van der Waals surface area contributed by atoms with Gasteiger partial charge in [-0.05, 0) is 57.9 Å². The molecule has 9 nitrogen and oxygen atoms in total. The molecule has 0 saturated carbocycles. The Kier molecular flexibility index (Phi) is 8.80. The maximum Gasteiger partial charge on any atom is 0.412 e. The van der Waals surface area contributed by atoms with Gasteiger partial charge in [-0.3, -0.25) is 14.9 Å².